The molecular weight excluding hydrogens is 504 g/mol. The fraction of sp³-hybridized carbons (Fsp3) is 0.179. The number of nitrogens with zero attached hydrogens (tertiary/aromatic N) is 1. The van der Waals surface area contributed by atoms with Gasteiger partial charge in [-0.3, -0.25) is 14.6 Å². The van der Waals surface area contributed by atoms with Crippen LogP contribution in [-0.4, -0.2) is 30.8 Å². The van der Waals surface area contributed by atoms with Crippen molar-refractivity contribution in [3.63, 3.8) is 0 Å². The molecule has 0 unspecified atom stereocenters. The van der Waals surface area contributed by atoms with Crippen LogP contribution in [0.3, 0.4) is 0 Å². The average molecular weight is 526 g/mol. The molecule has 37 heavy (non-hydrogen) atoms. The fourth-order valence-corrected chi connectivity index (χ4v) is 4.07. The highest BCUT2D eigenvalue weighted by molar-refractivity contribution is 6.31. The van der Waals surface area contributed by atoms with Crippen LogP contribution in [0.1, 0.15) is 17.5 Å². The maximum Gasteiger partial charge on any atom is 0.162 e. The van der Waals surface area contributed by atoms with E-state index in [1.165, 1.54) is 13.2 Å². The maximum atomic E-state index is 13.8. The van der Waals surface area contributed by atoms with Crippen LogP contribution in [0.2, 0.25) is 5.02 Å². The molecule has 1 heterocycles. The van der Waals surface area contributed by atoms with Gasteiger partial charge in [0.15, 0.2) is 11.5 Å². The molecule has 0 saturated carbocycles. The van der Waals surface area contributed by atoms with Gasteiger partial charge in [-0.2, -0.15) is 0 Å². The van der Waals surface area contributed by atoms with Crippen LogP contribution in [0, 0.1) is 11.6 Å². The molecule has 0 bridgehead atoms. The summed E-state index contributed by atoms with van der Waals surface area (Å²) in [5.74, 6) is -0.374. The zero-order chi connectivity index (χ0) is 26.5. The molecule has 3 aromatic carbocycles. The van der Waals surface area contributed by atoms with E-state index in [9.17, 15) is 18.4 Å². The van der Waals surface area contributed by atoms with E-state index < -0.39 is 17.4 Å². The minimum absolute atomic E-state index is 0.0402. The third-order valence-corrected chi connectivity index (χ3v) is 6.00. The molecule has 4 aromatic rings. The standard InChI is InChI=1S/C28H22ClF2NO5/c1-35-27-14-22-25(15-28(27)36-2)32-8-7-26(22)37-21-6-4-16(23(29)13-21)9-19(33)12-20(34)10-17-3-5-18(30)11-24(17)31/h3-8,11,13-15H,9-10,12H2,1-2H3. The molecule has 0 aliphatic heterocycles. The van der Waals surface area contributed by atoms with Gasteiger partial charge in [0.1, 0.15) is 34.7 Å². The molecule has 6 nitrogen and oxygen atoms in total. The Labute approximate surface area is 216 Å². The number of halogens is 3. The zero-order valence-electron chi connectivity index (χ0n) is 20.0. The third-order valence-electron chi connectivity index (χ3n) is 5.64. The summed E-state index contributed by atoms with van der Waals surface area (Å²) < 4.78 is 43.6. The van der Waals surface area contributed by atoms with E-state index in [0.717, 1.165) is 6.07 Å². The number of ether oxygens (including phenoxy) is 3. The maximum absolute atomic E-state index is 13.8. The number of carbonyl (C=O) groups excluding carboxylic acids is 2. The summed E-state index contributed by atoms with van der Waals surface area (Å²) in [5, 5.41) is 0.993. The highest BCUT2D eigenvalue weighted by atomic mass is 35.5. The minimum atomic E-state index is -0.820. The number of fused-ring (bicyclic) bond motifs is 1. The summed E-state index contributed by atoms with van der Waals surface area (Å²) in [7, 11) is 3.08. The van der Waals surface area contributed by atoms with E-state index in [4.69, 9.17) is 25.8 Å². The van der Waals surface area contributed by atoms with Crippen LogP contribution in [0.15, 0.2) is 60.8 Å². The fourth-order valence-electron chi connectivity index (χ4n) is 3.83. The Kier molecular flexibility index (Phi) is 7.98. The van der Waals surface area contributed by atoms with Crippen molar-refractivity contribution in [2.75, 3.05) is 14.2 Å². The monoisotopic (exact) mass is 525 g/mol. The number of hydrogen-bond donors (Lipinski definition) is 0. The molecule has 0 radical (unpaired) electrons. The second-order valence-corrected chi connectivity index (χ2v) is 8.64. The molecule has 0 aliphatic rings. The minimum Gasteiger partial charge on any atom is -0.493 e. The number of hydrogen-bond acceptors (Lipinski definition) is 6. The number of benzene rings is 3. The molecule has 0 spiro atoms. The highest BCUT2D eigenvalue weighted by Crippen LogP contribution is 2.37. The Morgan fingerprint density at radius 2 is 1.51 bits per heavy atom. The molecular formula is C28H22ClF2NO5. The summed E-state index contributed by atoms with van der Waals surface area (Å²) in [4.78, 5) is 29.0. The Balaban J connectivity index is 1.44. The summed E-state index contributed by atoms with van der Waals surface area (Å²) in [6.45, 7) is 0. The first-order chi connectivity index (χ1) is 17.8. The van der Waals surface area contributed by atoms with E-state index in [0.29, 0.717) is 50.6 Å². The van der Waals surface area contributed by atoms with E-state index in [1.54, 1.807) is 49.7 Å². The molecule has 0 fully saturated rings. The molecule has 0 N–H and O–H groups in total. The predicted octanol–water partition coefficient (Wildman–Crippen LogP) is 6.29. The zero-order valence-corrected chi connectivity index (χ0v) is 20.8. The Morgan fingerprint density at radius 3 is 2.19 bits per heavy atom. The predicted molar refractivity (Wildman–Crippen MR) is 135 cm³/mol. The normalized spacial score (nSPS) is 10.8. The quantitative estimate of drug-likeness (QED) is 0.227. The Morgan fingerprint density at radius 1 is 0.838 bits per heavy atom. The molecule has 0 aliphatic carbocycles. The van der Waals surface area contributed by atoms with Crippen molar-refractivity contribution >= 4 is 34.1 Å². The van der Waals surface area contributed by atoms with Crippen LogP contribution in [0.4, 0.5) is 8.78 Å². The van der Waals surface area contributed by atoms with Gasteiger partial charge in [0, 0.05) is 41.6 Å². The van der Waals surface area contributed by atoms with Crippen LogP contribution < -0.4 is 14.2 Å². The van der Waals surface area contributed by atoms with Crippen molar-refractivity contribution in [3.05, 3.63) is 88.6 Å². The van der Waals surface area contributed by atoms with Gasteiger partial charge in [-0.15, -0.1) is 0 Å². The molecule has 1 aromatic heterocycles. The molecule has 190 valence electrons. The summed E-state index contributed by atoms with van der Waals surface area (Å²) >= 11 is 6.40. The SMILES string of the molecule is COc1cc2nccc(Oc3ccc(CC(=O)CC(=O)Cc4ccc(F)cc4F)c(Cl)c3)c2cc1OC. The lowest BCUT2D eigenvalue weighted by Crippen LogP contribution is -2.13. The van der Waals surface area contributed by atoms with E-state index in [1.807, 2.05) is 0 Å². The number of ketones is 2. The van der Waals surface area contributed by atoms with Crippen molar-refractivity contribution in [3.8, 4) is 23.0 Å². The van der Waals surface area contributed by atoms with Crippen molar-refractivity contribution < 1.29 is 32.6 Å². The summed E-state index contributed by atoms with van der Waals surface area (Å²) in [6, 6.07) is 13.1. The summed E-state index contributed by atoms with van der Waals surface area (Å²) in [6.07, 6.45) is 0.841. The van der Waals surface area contributed by atoms with Gasteiger partial charge < -0.3 is 14.2 Å². The van der Waals surface area contributed by atoms with Crippen LogP contribution in [0.25, 0.3) is 10.9 Å². The van der Waals surface area contributed by atoms with Crippen molar-refractivity contribution in [1.82, 2.24) is 4.98 Å². The van der Waals surface area contributed by atoms with Gasteiger partial charge in [-0.25, -0.2) is 8.78 Å². The second kappa shape index (κ2) is 11.3. The van der Waals surface area contributed by atoms with Gasteiger partial charge in [-0.1, -0.05) is 23.7 Å². The molecule has 4 rings (SSSR count). The molecule has 9 heteroatoms. The van der Waals surface area contributed by atoms with Crippen LogP contribution in [-0.2, 0) is 22.4 Å². The average Bonchev–Trinajstić information content (AvgIpc) is 2.86. The first-order valence-corrected chi connectivity index (χ1v) is 11.6. The van der Waals surface area contributed by atoms with Crippen molar-refractivity contribution in [2.45, 2.75) is 19.3 Å². The third kappa shape index (κ3) is 6.21. The van der Waals surface area contributed by atoms with Crippen molar-refractivity contribution in [1.29, 1.82) is 0 Å². The van der Waals surface area contributed by atoms with Crippen molar-refractivity contribution in [2.24, 2.45) is 0 Å². The van der Waals surface area contributed by atoms with E-state index in [2.05, 4.69) is 4.98 Å². The number of aromatic nitrogens is 1. The van der Waals surface area contributed by atoms with E-state index in [-0.39, 0.29) is 30.6 Å². The molecule has 0 atom stereocenters. The Hall–Kier alpha value is -4.04. The molecule has 0 saturated heterocycles. The lowest BCUT2D eigenvalue weighted by atomic mass is 10.0. The number of pyridine rings is 1. The smallest absolute Gasteiger partial charge is 0.162 e. The second-order valence-electron chi connectivity index (χ2n) is 8.23. The highest BCUT2D eigenvalue weighted by Gasteiger charge is 2.16. The number of methoxy groups -OCH3 is 2. The van der Waals surface area contributed by atoms with Crippen LogP contribution >= 0.6 is 11.6 Å². The summed E-state index contributed by atoms with van der Waals surface area (Å²) in [5.41, 5.74) is 1.21. The van der Waals surface area contributed by atoms with Gasteiger partial charge in [-0.05, 0) is 41.5 Å². The van der Waals surface area contributed by atoms with Gasteiger partial charge in [0.25, 0.3) is 0 Å². The van der Waals surface area contributed by atoms with E-state index >= 15 is 0 Å². The van der Waals surface area contributed by atoms with Gasteiger partial charge in [0.2, 0.25) is 0 Å². The van der Waals surface area contributed by atoms with Gasteiger partial charge >= 0.3 is 0 Å². The van der Waals surface area contributed by atoms with Gasteiger partial charge in [0.05, 0.1) is 26.2 Å². The first kappa shape index (κ1) is 26.0. The number of Topliss-reactive ketones (excluding diaryl/α,β-unsaturated/α-hetero) is 2. The van der Waals surface area contributed by atoms with Crippen LogP contribution in [0.5, 0.6) is 23.0 Å². The number of carbonyl (C=O) groups is 2. The lowest BCUT2D eigenvalue weighted by Gasteiger charge is -2.13. The topological polar surface area (TPSA) is 74.7 Å². The molecule has 0 amide bonds. The lowest BCUT2D eigenvalue weighted by molar-refractivity contribution is -0.126. The first-order valence-electron chi connectivity index (χ1n) is 11.2. The Bertz CT molecular complexity index is 1490. The largest absolute Gasteiger partial charge is 0.493 e. The number of rotatable bonds is 10.